The second-order valence-electron chi connectivity index (χ2n) is 7.44. The van der Waals surface area contributed by atoms with Crippen LogP contribution in [-0.4, -0.2) is 25.8 Å². The van der Waals surface area contributed by atoms with Gasteiger partial charge in [-0.1, -0.05) is 18.2 Å². The number of fused-ring (bicyclic) bond motifs is 1. The predicted molar refractivity (Wildman–Crippen MR) is 123 cm³/mol. The van der Waals surface area contributed by atoms with Crippen LogP contribution < -0.4 is 10.4 Å². The van der Waals surface area contributed by atoms with Crippen LogP contribution in [0.15, 0.2) is 53.7 Å². The number of para-hydroxylation sites is 1. The van der Waals surface area contributed by atoms with E-state index in [9.17, 15) is 4.79 Å². The van der Waals surface area contributed by atoms with Crippen molar-refractivity contribution in [1.29, 1.82) is 0 Å². The van der Waals surface area contributed by atoms with Gasteiger partial charge in [0.05, 0.1) is 36.4 Å². The van der Waals surface area contributed by atoms with E-state index in [2.05, 4.69) is 34.7 Å². The van der Waals surface area contributed by atoms with Crippen molar-refractivity contribution in [3.05, 3.63) is 70.5 Å². The van der Waals surface area contributed by atoms with Gasteiger partial charge in [0.15, 0.2) is 0 Å². The zero-order chi connectivity index (χ0) is 20.5. The van der Waals surface area contributed by atoms with Gasteiger partial charge in [0.2, 0.25) is 0 Å². The Morgan fingerprint density at radius 1 is 1.07 bits per heavy atom. The molecular formula is C23H27ClN4O2. The van der Waals surface area contributed by atoms with Gasteiger partial charge in [-0.25, -0.2) is 9.78 Å². The lowest BCUT2D eigenvalue weighted by Gasteiger charge is -2.12. The number of hydrogen-bond donors (Lipinski definition) is 0. The molecule has 0 spiro atoms. The number of hydrogen-bond acceptors (Lipinski definition) is 3. The van der Waals surface area contributed by atoms with Crippen molar-refractivity contribution in [2.75, 3.05) is 7.11 Å². The molecule has 30 heavy (non-hydrogen) atoms. The molecule has 0 aliphatic rings. The molecule has 4 aromatic rings. The Balaban J connectivity index is 0.00000256. The molecule has 6 nitrogen and oxygen atoms in total. The van der Waals surface area contributed by atoms with Gasteiger partial charge < -0.3 is 9.30 Å². The van der Waals surface area contributed by atoms with Crippen LogP contribution in [-0.2, 0) is 27.1 Å². The van der Waals surface area contributed by atoms with Crippen LogP contribution >= 0.6 is 12.4 Å². The fourth-order valence-corrected chi connectivity index (χ4v) is 4.00. The van der Waals surface area contributed by atoms with Crippen LogP contribution in [0.25, 0.3) is 22.3 Å². The first-order valence-corrected chi connectivity index (χ1v) is 9.79. The Morgan fingerprint density at radius 3 is 2.50 bits per heavy atom. The van der Waals surface area contributed by atoms with Crippen molar-refractivity contribution >= 4 is 23.4 Å². The minimum atomic E-state index is -0.0122. The van der Waals surface area contributed by atoms with Crippen LogP contribution in [0.3, 0.4) is 0 Å². The van der Waals surface area contributed by atoms with Crippen molar-refractivity contribution < 1.29 is 4.74 Å². The summed E-state index contributed by atoms with van der Waals surface area (Å²) < 4.78 is 11.0. The van der Waals surface area contributed by atoms with E-state index in [1.54, 1.807) is 16.2 Å². The number of aromatic nitrogens is 4. The molecule has 158 valence electrons. The predicted octanol–water partition coefficient (Wildman–Crippen LogP) is 4.11. The number of halogens is 1. The molecule has 0 radical (unpaired) electrons. The van der Waals surface area contributed by atoms with E-state index >= 15 is 0 Å². The first kappa shape index (κ1) is 21.7. The van der Waals surface area contributed by atoms with Gasteiger partial charge in [0.25, 0.3) is 0 Å². The van der Waals surface area contributed by atoms with Crippen LogP contribution in [0.1, 0.15) is 17.5 Å². The van der Waals surface area contributed by atoms with Crippen molar-refractivity contribution in [3.63, 3.8) is 0 Å². The van der Waals surface area contributed by atoms with Crippen LogP contribution in [0.4, 0.5) is 0 Å². The Labute approximate surface area is 182 Å². The van der Waals surface area contributed by atoms with Crippen LogP contribution in [0.2, 0.25) is 0 Å². The smallest absolute Gasteiger partial charge is 0.328 e. The van der Waals surface area contributed by atoms with Crippen molar-refractivity contribution in [3.8, 4) is 17.0 Å². The van der Waals surface area contributed by atoms with Crippen LogP contribution in [0, 0.1) is 6.92 Å². The lowest BCUT2D eigenvalue weighted by molar-refractivity contribution is 0.408. The van der Waals surface area contributed by atoms with Gasteiger partial charge in [0, 0.05) is 26.2 Å². The maximum Gasteiger partial charge on any atom is 0.328 e. The molecule has 4 rings (SSSR count). The number of benzene rings is 2. The number of rotatable bonds is 6. The molecular weight excluding hydrogens is 400 g/mol. The molecule has 0 N–H and O–H groups in total. The van der Waals surface area contributed by atoms with E-state index in [-0.39, 0.29) is 18.1 Å². The molecule has 0 atom stereocenters. The van der Waals surface area contributed by atoms with E-state index in [0.29, 0.717) is 0 Å². The molecule has 0 aliphatic heterocycles. The van der Waals surface area contributed by atoms with Gasteiger partial charge in [-0.3, -0.25) is 9.13 Å². The largest absolute Gasteiger partial charge is 0.496 e. The zero-order valence-electron chi connectivity index (χ0n) is 17.8. The third kappa shape index (κ3) is 3.75. The van der Waals surface area contributed by atoms with Crippen molar-refractivity contribution in [1.82, 2.24) is 18.7 Å². The zero-order valence-corrected chi connectivity index (χ0v) is 18.6. The molecule has 0 fully saturated rings. The maximum atomic E-state index is 12.3. The number of nitrogens with zero attached hydrogens (tertiary/aromatic N) is 4. The van der Waals surface area contributed by atoms with Crippen LogP contribution in [0.5, 0.6) is 5.75 Å². The Morgan fingerprint density at radius 2 is 1.77 bits per heavy atom. The number of aryl methyl sites for hydroxylation is 5. The summed E-state index contributed by atoms with van der Waals surface area (Å²) in [4.78, 5) is 16.7. The molecule has 0 aliphatic carbocycles. The third-order valence-corrected chi connectivity index (χ3v) is 5.64. The summed E-state index contributed by atoms with van der Waals surface area (Å²) in [5.74, 6) is 0.935. The quantitative estimate of drug-likeness (QED) is 0.466. The second-order valence-corrected chi connectivity index (χ2v) is 7.44. The molecule has 0 amide bonds. The molecule has 2 aromatic carbocycles. The highest BCUT2D eigenvalue weighted by Crippen LogP contribution is 2.28. The lowest BCUT2D eigenvalue weighted by atomic mass is 10.0. The summed E-state index contributed by atoms with van der Waals surface area (Å²) in [5.41, 5.74) is 6.38. The molecule has 7 heteroatoms. The average molecular weight is 427 g/mol. The topological polar surface area (TPSA) is 54.0 Å². The van der Waals surface area contributed by atoms with Gasteiger partial charge >= 0.3 is 5.69 Å². The van der Waals surface area contributed by atoms with Gasteiger partial charge in [-0.2, -0.15) is 0 Å². The van der Waals surface area contributed by atoms with E-state index in [1.165, 1.54) is 5.56 Å². The number of imidazole rings is 2. The lowest BCUT2D eigenvalue weighted by Crippen LogP contribution is -2.19. The summed E-state index contributed by atoms with van der Waals surface area (Å²) in [6.45, 7) is 2.94. The van der Waals surface area contributed by atoms with Crippen molar-refractivity contribution in [2.45, 2.75) is 26.3 Å². The van der Waals surface area contributed by atoms with Gasteiger partial charge in [0.1, 0.15) is 5.75 Å². The minimum Gasteiger partial charge on any atom is -0.496 e. The highest BCUT2D eigenvalue weighted by atomic mass is 35.5. The summed E-state index contributed by atoms with van der Waals surface area (Å²) in [6.07, 6.45) is 5.70. The summed E-state index contributed by atoms with van der Waals surface area (Å²) in [6, 6.07) is 12.3. The monoisotopic (exact) mass is 426 g/mol. The first-order chi connectivity index (χ1) is 14.0. The van der Waals surface area contributed by atoms with Crippen molar-refractivity contribution in [2.24, 2.45) is 14.1 Å². The van der Waals surface area contributed by atoms with E-state index in [4.69, 9.17) is 4.74 Å². The fourth-order valence-electron chi connectivity index (χ4n) is 4.00. The van der Waals surface area contributed by atoms with Gasteiger partial charge in [-0.15, -0.1) is 12.4 Å². The first-order valence-electron chi connectivity index (χ1n) is 9.79. The number of ether oxygens (including phenoxy) is 1. The highest BCUT2D eigenvalue weighted by Gasteiger charge is 2.14. The standard InChI is InChI=1S/C23H26N4O2.ClH/c1-16-12-19-20(26(3)23(28)25(19)2)13-18(16)21-14-24-15-27(21)11-7-9-17-8-5-6-10-22(17)29-4;/h5-6,8,10,12-15H,7,9,11H2,1-4H3;1H. The SMILES string of the molecule is COc1ccccc1CCCn1cncc1-c1cc2c(cc1C)n(C)c(=O)n2C.Cl. The molecule has 2 heterocycles. The Bertz CT molecular complexity index is 1240. The summed E-state index contributed by atoms with van der Waals surface area (Å²) in [7, 11) is 5.34. The molecule has 0 saturated carbocycles. The molecule has 0 bridgehead atoms. The molecule has 2 aromatic heterocycles. The van der Waals surface area contributed by atoms with E-state index < -0.39 is 0 Å². The number of methoxy groups -OCH3 is 1. The highest BCUT2D eigenvalue weighted by molar-refractivity contribution is 5.85. The molecule has 0 unspecified atom stereocenters. The summed E-state index contributed by atoms with van der Waals surface area (Å²) in [5, 5.41) is 0. The van der Waals surface area contributed by atoms with E-state index in [1.807, 2.05) is 44.8 Å². The normalized spacial score (nSPS) is 10.9. The fraction of sp³-hybridized carbons (Fsp3) is 0.304. The second kappa shape index (κ2) is 8.79. The minimum absolute atomic E-state index is 0. The molecule has 0 saturated heterocycles. The third-order valence-electron chi connectivity index (χ3n) is 5.64. The van der Waals surface area contributed by atoms with E-state index in [0.717, 1.165) is 53.0 Å². The Hall–Kier alpha value is -2.99. The van der Waals surface area contributed by atoms with Gasteiger partial charge in [-0.05, 0) is 49.1 Å². The maximum absolute atomic E-state index is 12.3. The Kier molecular flexibility index (Phi) is 6.37. The average Bonchev–Trinajstić information content (AvgIpc) is 3.27. The summed E-state index contributed by atoms with van der Waals surface area (Å²) >= 11 is 0.